The largest absolute Gasteiger partial charge is 0.326 e. The van der Waals surface area contributed by atoms with Crippen LogP contribution < -0.4 is 10.2 Å². The normalized spacial score (nSPS) is 21.1. The third-order valence-corrected chi connectivity index (χ3v) is 9.26. The van der Waals surface area contributed by atoms with E-state index in [0.717, 1.165) is 24.1 Å². The standard InChI is InChI=1S/C25H27ClFN3O4S/c1-15-12-18-13-20(5-7-23(18)30(15)25(32)17-2-3-17)35(33,34)29-10-8-16(9-11-29)24(31)28-19-4-6-22(27)21(26)14-19/h4-7,13-17H,2-3,8-12H2,1H3,(H,28,31)/t15-/m1/s1. The minimum Gasteiger partial charge on any atom is -0.326 e. The molecule has 2 aromatic carbocycles. The first kappa shape index (κ1) is 24.2. The van der Waals surface area contributed by atoms with Crippen molar-refractivity contribution in [3.63, 3.8) is 0 Å². The molecule has 0 radical (unpaired) electrons. The fraction of sp³-hybridized carbons (Fsp3) is 0.440. The minimum absolute atomic E-state index is 0.0151. The number of halogens is 2. The fourth-order valence-corrected chi connectivity index (χ4v) is 6.66. The molecule has 2 amide bonds. The lowest BCUT2D eigenvalue weighted by Gasteiger charge is -2.30. The molecule has 1 atom stereocenters. The van der Waals surface area contributed by atoms with E-state index < -0.39 is 15.8 Å². The average Bonchev–Trinajstić information content (AvgIpc) is 3.63. The summed E-state index contributed by atoms with van der Waals surface area (Å²) >= 11 is 5.77. The second-order valence-electron chi connectivity index (χ2n) is 9.62. The van der Waals surface area contributed by atoms with E-state index in [9.17, 15) is 22.4 Å². The number of hydrogen-bond acceptors (Lipinski definition) is 4. The Bertz CT molecular complexity index is 1290. The van der Waals surface area contributed by atoms with Gasteiger partial charge in [-0.3, -0.25) is 9.59 Å². The summed E-state index contributed by atoms with van der Waals surface area (Å²) in [7, 11) is -3.72. The van der Waals surface area contributed by atoms with E-state index in [1.807, 2.05) is 11.8 Å². The van der Waals surface area contributed by atoms with Gasteiger partial charge in [-0.05, 0) is 81.0 Å². The molecule has 1 aliphatic carbocycles. The smallest absolute Gasteiger partial charge is 0.243 e. The molecular weight excluding hydrogens is 493 g/mol. The highest BCUT2D eigenvalue weighted by Crippen LogP contribution is 2.40. The van der Waals surface area contributed by atoms with Crippen LogP contribution in [0.4, 0.5) is 15.8 Å². The Morgan fingerprint density at radius 3 is 2.40 bits per heavy atom. The Morgan fingerprint density at radius 2 is 1.74 bits per heavy atom. The van der Waals surface area contributed by atoms with Crippen LogP contribution in [0, 0.1) is 17.7 Å². The van der Waals surface area contributed by atoms with Crippen LogP contribution in [0.1, 0.15) is 38.2 Å². The predicted octanol–water partition coefficient (Wildman–Crippen LogP) is 4.21. The van der Waals surface area contributed by atoms with E-state index in [2.05, 4.69) is 5.32 Å². The van der Waals surface area contributed by atoms with E-state index in [4.69, 9.17) is 11.6 Å². The number of hydrogen-bond donors (Lipinski definition) is 1. The second-order valence-corrected chi connectivity index (χ2v) is 12.0. The highest BCUT2D eigenvalue weighted by molar-refractivity contribution is 7.89. The van der Waals surface area contributed by atoms with Gasteiger partial charge in [-0.25, -0.2) is 12.8 Å². The third kappa shape index (κ3) is 4.69. The van der Waals surface area contributed by atoms with Gasteiger partial charge in [-0.15, -0.1) is 0 Å². The molecule has 1 N–H and O–H groups in total. The number of benzene rings is 2. The molecule has 0 unspecified atom stereocenters. The maximum atomic E-state index is 13.3. The molecule has 186 valence electrons. The number of nitrogens with zero attached hydrogens (tertiary/aromatic N) is 2. The first-order valence-electron chi connectivity index (χ1n) is 11.9. The van der Waals surface area contributed by atoms with Crippen molar-refractivity contribution in [3.05, 3.63) is 52.8 Å². The van der Waals surface area contributed by atoms with Crippen LogP contribution in [0.3, 0.4) is 0 Å². The van der Waals surface area contributed by atoms with Crippen LogP contribution in [-0.4, -0.2) is 43.7 Å². The zero-order valence-corrected chi connectivity index (χ0v) is 20.9. The van der Waals surface area contributed by atoms with Gasteiger partial charge < -0.3 is 10.2 Å². The lowest BCUT2D eigenvalue weighted by atomic mass is 9.97. The first-order valence-corrected chi connectivity index (χ1v) is 13.7. The summed E-state index contributed by atoms with van der Waals surface area (Å²) in [5.74, 6) is -0.920. The van der Waals surface area contributed by atoms with Gasteiger partial charge in [0.1, 0.15) is 5.82 Å². The number of fused-ring (bicyclic) bond motifs is 1. The molecule has 2 fully saturated rings. The Hall–Kier alpha value is -2.49. The SMILES string of the molecule is C[C@@H]1Cc2cc(S(=O)(=O)N3CCC(C(=O)Nc4ccc(F)c(Cl)c4)CC3)ccc2N1C(=O)C1CC1. The van der Waals surface area contributed by atoms with Crippen LogP contribution in [0.25, 0.3) is 0 Å². The number of rotatable bonds is 5. The molecule has 2 aromatic rings. The van der Waals surface area contributed by atoms with Gasteiger partial charge in [0.25, 0.3) is 0 Å². The number of piperidine rings is 1. The molecule has 7 nitrogen and oxygen atoms in total. The number of carbonyl (C=O) groups is 2. The van der Waals surface area contributed by atoms with Crippen LogP contribution >= 0.6 is 11.6 Å². The third-order valence-electron chi connectivity index (χ3n) is 7.08. The van der Waals surface area contributed by atoms with Crippen molar-refractivity contribution in [1.29, 1.82) is 0 Å². The maximum absolute atomic E-state index is 13.3. The van der Waals surface area contributed by atoms with Gasteiger partial charge in [0.2, 0.25) is 21.8 Å². The molecule has 35 heavy (non-hydrogen) atoms. The number of anilines is 2. The van der Waals surface area contributed by atoms with Crippen LogP contribution in [0.15, 0.2) is 41.3 Å². The van der Waals surface area contributed by atoms with Crippen molar-refractivity contribution in [2.75, 3.05) is 23.3 Å². The first-order chi connectivity index (χ1) is 16.6. The summed E-state index contributed by atoms with van der Waals surface area (Å²) in [5.41, 5.74) is 2.09. The summed E-state index contributed by atoms with van der Waals surface area (Å²) < 4.78 is 41.4. The van der Waals surface area contributed by atoms with Gasteiger partial charge >= 0.3 is 0 Å². The molecule has 0 aromatic heterocycles. The van der Waals surface area contributed by atoms with E-state index >= 15 is 0 Å². The fourth-order valence-electron chi connectivity index (χ4n) is 4.96. The van der Waals surface area contributed by atoms with Crippen molar-refractivity contribution in [1.82, 2.24) is 4.31 Å². The lowest BCUT2D eigenvalue weighted by Crippen LogP contribution is -2.41. The van der Waals surface area contributed by atoms with Crippen LogP contribution in [-0.2, 0) is 26.0 Å². The molecular formula is C25H27ClFN3O4S. The predicted molar refractivity (Wildman–Crippen MR) is 131 cm³/mol. The zero-order valence-electron chi connectivity index (χ0n) is 19.3. The molecule has 5 rings (SSSR count). The minimum atomic E-state index is -3.72. The maximum Gasteiger partial charge on any atom is 0.243 e. The number of carbonyl (C=O) groups excluding carboxylic acids is 2. The van der Waals surface area contributed by atoms with E-state index in [0.29, 0.717) is 24.9 Å². The van der Waals surface area contributed by atoms with E-state index in [-0.39, 0.29) is 52.7 Å². The Kier molecular flexibility index (Phi) is 6.35. The molecule has 0 spiro atoms. The molecule has 1 saturated carbocycles. The number of nitrogens with one attached hydrogen (secondary N) is 1. The quantitative estimate of drug-likeness (QED) is 0.641. The highest BCUT2D eigenvalue weighted by Gasteiger charge is 2.40. The van der Waals surface area contributed by atoms with Gasteiger partial charge in [-0.2, -0.15) is 4.31 Å². The zero-order chi connectivity index (χ0) is 24.9. The lowest BCUT2D eigenvalue weighted by molar-refractivity contribution is -0.121. The monoisotopic (exact) mass is 519 g/mol. The Balaban J connectivity index is 1.24. The van der Waals surface area contributed by atoms with E-state index in [1.165, 1.54) is 22.5 Å². The number of amides is 2. The van der Waals surface area contributed by atoms with Crippen LogP contribution in [0.5, 0.6) is 0 Å². The summed E-state index contributed by atoms with van der Waals surface area (Å²) in [6, 6.07) is 9.01. The van der Waals surface area contributed by atoms with Gasteiger partial charge in [-0.1, -0.05) is 11.6 Å². The summed E-state index contributed by atoms with van der Waals surface area (Å²) in [5, 5.41) is 2.66. The van der Waals surface area contributed by atoms with Crippen molar-refractivity contribution in [3.8, 4) is 0 Å². The Labute approximate surface area is 209 Å². The average molecular weight is 520 g/mol. The summed E-state index contributed by atoms with van der Waals surface area (Å²) in [4.78, 5) is 27.4. The van der Waals surface area contributed by atoms with Gasteiger partial charge in [0.05, 0.1) is 9.92 Å². The highest BCUT2D eigenvalue weighted by atomic mass is 35.5. The van der Waals surface area contributed by atoms with Crippen LogP contribution in [0.2, 0.25) is 5.02 Å². The van der Waals surface area contributed by atoms with E-state index in [1.54, 1.807) is 18.2 Å². The Morgan fingerprint density at radius 1 is 1.03 bits per heavy atom. The van der Waals surface area contributed by atoms with Gasteiger partial charge in [0.15, 0.2) is 0 Å². The molecule has 10 heteroatoms. The van der Waals surface area contributed by atoms with Crippen molar-refractivity contribution >= 4 is 44.8 Å². The van der Waals surface area contributed by atoms with Crippen molar-refractivity contribution in [2.24, 2.45) is 11.8 Å². The molecule has 1 saturated heterocycles. The van der Waals surface area contributed by atoms with Gasteiger partial charge in [0, 0.05) is 42.3 Å². The molecule has 2 aliphatic heterocycles. The topological polar surface area (TPSA) is 86.8 Å². The summed E-state index contributed by atoms with van der Waals surface area (Å²) in [6.45, 7) is 2.44. The second kappa shape index (κ2) is 9.19. The van der Waals surface area contributed by atoms with Crippen molar-refractivity contribution in [2.45, 2.75) is 50.0 Å². The number of sulfonamides is 1. The molecule has 3 aliphatic rings. The summed E-state index contributed by atoms with van der Waals surface area (Å²) in [6.07, 6.45) is 3.25. The molecule has 0 bridgehead atoms. The van der Waals surface area contributed by atoms with Crippen molar-refractivity contribution < 1.29 is 22.4 Å². The molecule has 2 heterocycles.